The number of hydrogen-bond acceptors (Lipinski definition) is 3. The van der Waals surface area contributed by atoms with E-state index in [1.54, 1.807) is 0 Å². The Hall–Kier alpha value is -0.930. The van der Waals surface area contributed by atoms with Crippen LogP contribution in [0.2, 0.25) is 0 Å². The minimum absolute atomic E-state index is 0.553. The maximum Gasteiger partial charge on any atom is 0.0386 e. The van der Waals surface area contributed by atoms with Gasteiger partial charge in [-0.25, -0.2) is 0 Å². The number of likely N-dealkylation sites (tertiary alicyclic amines) is 1. The number of nitrogens with zero attached hydrogens (tertiary/aromatic N) is 2. The second-order valence-electron chi connectivity index (χ2n) is 6.14. The molecule has 2 aliphatic rings. The summed E-state index contributed by atoms with van der Waals surface area (Å²) in [7, 11) is 2.28. The molecular weight excluding hydrogens is 234 g/mol. The molecular formula is C16H25N3. The smallest absolute Gasteiger partial charge is 0.0386 e. The molecule has 1 saturated heterocycles. The summed E-state index contributed by atoms with van der Waals surface area (Å²) in [6.07, 6.45) is 10.7. The average Bonchev–Trinajstić information content (AvgIpc) is 3.25. The molecule has 19 heavy (non-hydrogen) atoms. The van der Waals surface area contributed by atoms with E-state index in [2.05, 4.69) is 34.4 Å². The Labute approximate surface area is 116 Å². The van der Waals surface area contributed by atoms with Gasteiger partial charge in [-0.3, -0.25) is 9.88 Å². The van der Waals surface area contributed by atoms with Crippen LogP contribution in [0.25, 0.3) is 0 Å². The van der Waals surface area contributed by atoms with Crippen molar-refractivity contribution in [3.05, 3.63) is 30.1 Å². The van der Waals surface area contributed by atoms with Crippen molar-refractivity contribution in [1.82, 2.24) is 15.2 Å². The van der Waals surface area contributed by atoms with E-state index in [4.69, 9.17) is 0 Å². The van der Waals surface area contributed by atoms with Gasteiger partial charge in [0.15, 0.2) is 0 Å². The van der Waals surface area contributed by atoms with Crippen LogP contribution in [0, 0.1) is 5.92 Å². The van der Waals surface area contributed by atoms with Gasteiger partial charge < -0.3 is 5.32 Å². The van der Waals surface area contributed by atoms with Crippen LogP contribution >= 0.6 is 0 Å². The van der Waals surface area contributed by atoms with Crippen molar-refractivity contribution < 1.29 is 0 Å². The van der Waals surface area contributed by atoms with Crippen molar-refractivity contribution in [2.45, 2.75) is 44.2 Å². The van der Waals surface area contributed by atoms with Gasteiger partial charge in [0.1, 0.15) is 0 Å². The van der Waals surface area contributed by atoms with Crippen molar-refractivity contribution in [1.29, 1.82) is 0 Å². The summed E-state index contributed by atoms with van der Waals surface area (Å²) >= 11 is 0. The fraction of sp³-hybridized carbons (Fsp3) is 0.688. The molecule has 1 aliphatic heterocycles. The molecule has 3 heteroatoms. The predicted molar refractivity (Wildman–Crippen MR) is 78.0 cm³/mol. The minimum Gasteiger partial charge on any atom is -0.314 e. The molecule has 3 rings (SSSR count). The number of hydrogen-bond donors (Lipinski definition) is 1. The molecule has 2 fully saturated rings. The van der Waals surface area contributed by atoms with Gasteiger partial charge in [0.25, 0.3) is 0 Å². The normalized spacial score (nSPS) is 29.1. The van der Waals surface area contributed by atoms with Crippen molar-refractivity contribution in [3.63, 3.8) is 0 Å². The van der Waals surface area contributed by atoms with Crippen LogP contribution in [-0.2, 0) is 0 Å². The van der Waals surface area contributed by atoms with Gasteiger partial charge in [0.05, 0.1) is 0 Å². The third kappa shape index (κ3) is 3.34. The van der Waals surface area contributed by atoms with E-state index in [0.717, 1.165) is 12.0 Å². The highest BCUT2D eigenvalue weighted by molar-refractivity contribution is 5.17. The quantitative estimate of drug-likeness (QED) is 0.901. The fourth-order valence-electron chi connectivity index (χ4n) is 3.33. The summed E-state index contributed by atoms with van der Waals surface area (Å²) in [5.74, 6) is 0.732. The molecule has 3 nitrogen and oxygen atoms in total. The highest BCUT2D eigenvalue weighted by atomic mass is 15.1. The zero-order valence-corrected chi connectivity index (χ0v) is 11.9. The SMILES string of the molecule is CN1CCCCC(CNC2CC2)C1c1ccncc1. The van der Waals surface area contributed by atoms with E-state index in [-0.39, 0.29) is 0 Å². The van der Waals surface area contributed by atoms with Gasteiger partial charge in [-0.2, -0.15) is 0 Å². The third-order valence-electron chi connectivity index (χ3n) is 4.55. The van der Waals surface area contributed by atoms with Gasteiger partial charge in [-0.15, -0.1) is 0 Å². The lowest BCUT2D eigenvalue weighted by atomic mass is 9.89. The lowest BCUT2D eigenvalue weighted by molar-refractivity contribution is 0.188. The summed E-state index contributed by atoms with van der Waals surface area (Å²) in [4.78, 5) is 6.71. The van der Waals surface area contributed by atoms with E-state index in [1.165, 1.54) is 50.8 Å². The van der Waals surface area contributed by atoms with Gasteiger partial charge in [-0.05, 0) is 62.9 Å². The number of nitrogens with one attached hydrogen (secondary N) is 1. The zero-order chi connectivity index (χ0) is 13.1. The molecule has 0 spiro atoms. The van der Waals surface area contributed by atoms with Crippen LogP contribution in [0.1, 0.15) is 43.7 Å². The van der Waals surface area contributed by atoms with Crippen molar-refractivity contribution in [3.8, 4) is 0 Å². The standard InChI is InChI=1S/C16H25N3/c1-19-11-3-2-4-14(12-18-15-5-6-15)16(19)13-7-9-17-10-8-13/h7-10,14-16,18H,2-6,11-12H2,1H3. The van der Waals surface area contributed by atoms with Crippen molar-refractivity contribution in [2.24, 2.45) is 5.92 Å². The largest absolute Gasteiger partial charge is 0.314 e. The monoisotopic (exact) mass is 259 g/mol. The number of pyridine rings is 1. The van der Waals surface area contributed by atoms with E-state index in [1.807, 2.05) is 12.4 Å². The van der Waals surface area contributed by atoms with Crippen LogP contribution in [0.5, 0.6) is 0 Å². The van der Waals surface area contributed by atoms with Crippen LogP contribution in [-0.4, -0.2) is 36.1 Å². The summed E-state index contributed by atoms with van der Waals surface area (Å²) in [5, 5.41) is 3.73. The molecule has 104 valence electrons. The molecule has 0 bridgehead atoms. The average molecular weight is 259 g/mol. The lowest BCUT2D eigenvalue weighted by Gasteiger charge is -2.33. The van der Waals surface area contributed by atoms with Crippen molar-refractivity contribution in [2.75, 3.05) is 20.1 Å². The van der Waals surface area contributed by atoms with E-state index >= 15 is 0 Å². The third-order valence-corrected chi connectivity index (χ3v) is 4.55. The van der Waals surface area contributed by atoms with E-state index in [0.29, 0.717) is 6.04 Å². The van der Waals surface area contributed by atoms with Gasteiger partial charge in [-0.1, -0.05) is 6.42 Å². The second kappa shape index (κ2) is 6.02. The molecule has 0 radical (unpaired) electrons. The Morgan fingerprint density at radius 2 is 2.00 bits per heavy atom. The maximum atomic E-state index is 4.16. The Morgan fingerprint density at radius 1 is 1.21 bits per heavy atom. The molecule has 1 aromatic heterocycles. The Balaban J connectivity index is 1.75. The summed E-state index contributed by atoms with van der Waals surface area (Å²) in [6, 6.07) is 5.75. The van der Waals surface area contributed by atoms with Crippen molar-refractivity contribution >= 4 is 0 Å². The lowest BCUT2D eigenvalue weighted by Crippen LogP contribution is -2.35. The first-order valence-corrected chi connectivity index (χ1v) is 7.68. The van der Waals surface area contributed by atoms with Crippen LogP contribution < -0.4 is 5.32 Å². The molecule has 1 N–H and O–H groups in total. The summed E-state index contributed by atoms with van der Waals surface area (Å²) in [5.41, 5.74) is 1.43. The number of aromatic nitrogens is 1. The highest BCUT2D eigenvalue weighted by Crippen LogP contribution is 2.34. The molecule has 2 unspecified atom stereocenters. The zero-order valence-electron chi connectivity index (χ0n) is 11.9. The topological polar surface area (TPSA) is 28.2 Å². The Morgan fingerprint density at radius 3 is 2.74 bits per heavy atom. The van der Waals surface area contributed by atoms with Gasteiger partial charge >= 0.3 is 0 Å². The first-order chi connectivity index (χ1) is 9.34. The first-order valence-electron chi connectivity index (χ1n) is 7.68. The Bertz CT molecular complexity index is 388. The molecule has 1 aromatic rings. The molecule has 0 aromatic carbocycles. The molecule has 2 heterocycles. The molecule has 0 amide bonds. The molecule has 2 atom stereocenters. The second-order valence-corrected chi connectivity index (χ2v) is 6.14. The first kappa shape index (κ1) is 13.1. The fourth-order valence-corrected chi connectivity index (χ4v) is 3.33. The van der Waals surface area contributed by atoms with Gasteiger partial charge in [0, 0.05) is 31.0 Å². The van der Waals surface area contributed by atoms with Crippen LogP contribution in [0.4, 0.5) is 0 Å². The van der Waals surface area contributed by atoms with E-state index in [9.17, 15) is 0 Å². The summed E-state index contributed by atoms with van der Waals surface area (Å²) < 4.78 is 0. The highest BCUT2D eigenvalue weighted by Gasteiger charge is 2.30. The van der Waals surface area contributed by atoms with E-state index < -0.39 is 0 Å². The Kier molecular flexibility index (Phi) is 4.14. The maximum absolute atomic E-state index is 4.16. The molecule has 1 saturated carbocycles. The molecule has 1 aliphatic carbocycles. The van der Waals surface area contributed by atoms with Crippen LogP contribution in [0.3, 0.4) is 0 Å². The number of rotatable bonds is 4. The summed E-state index contributed by atoms with van der Waals surface area (Å²) in [6.45, 7) is 2.38. The van der Waals surface area contributed by atoms with Gasteiger partial charge in [0.2, 0.25) is 0 Å². The van der Waals surface area contributed by atoms with Crippen LogP contribution in [0.15, 0.2) is 24.5 Å². The minimum atomic E-state index is 0.553. The predicted octanol–water partition coefficient (Wildman–Crippen LogP) is 2.61.